The molecular weight excluding hydrogens is 478 g/mol. The van der Waals surface area contributed by atoms with Gasteiger partial charge in [0.25, 0.3) is 0 Å². The van der Waals surface area contributed by atoms with Crippen molar-refractivity contribution >= 4 is 17.6 Å². The van der Waals surface area contributed by atoms with Gasteiger partial charge in [0.1, 0.15) is 6.17 Å². The molecule has 0 aromatic heterocycles. The van der Waals surface area contributed by atoms with Crippen molar-refractivity contribution in [3.8, 4) is 17.2 Å². The molecule has 0 aliphatic rings. The first-order valence-corrected chi connectivity index (χ1v) is 12.8. The Balaban J connectivity index is 1.40. The molecule has 5 heteroatoms. The molecule has 0 saturated heterocycles. The largest absolute Gasteiger partial charge is 0.355 e. The Bertz CT molecular complexity index is 1570. The highest BCUT2D eigenvalue weighted by Crippen LogP contribution is 2.31. The van der Waals surface area contributed by atoms with Crippen LogP contribution in [0.2, 0.25) is 0 Å². The van der Waals surface area contributed by atoms with E-state index >= 15 is 0 Å². The molecule has 5 aromatic carbocycles. The van der Waals surface area contributed by atoms with Crippen LogP contribution in [0.1, 0.15) is 28.4 Å². The van der Waals surface area contributed by atoms with Gasteiger partial charge in [-0.05, 0) is 52.6 Å². The molecule has 0 heterocycles. The van der Waals surface area contributed by atoms with Gasteiger partial charge in [-0.25, -0.2) is 5.01 Å². The van der Waals surface area contributed by atoms with Gasteiger partial charge in [0, 0.05) is 29.7 Å². The van der Waals surface area contributed by atoms with Crippen molar-refractivity contribution in [2.45, 2.75) is 12.7 Å². The number of nitriles is 1. The van der Waals surface area contributed by atoms with Crippen LogP contribution in [0.15, 0.2) is 138 Å². The fraction of sp³-hybridized carbons (Fsp3) is 0.0588. The summed E-state index contributed by atoms with van der Waals surface area (Å²) in [5.74, 6) is 6.60. The van der Waals surface area contributed by atoms with Gasteiger partial charge < -0.3 is 5.32 Å². The minimum atomic E-state index is -0.361. The number of nitrogens with one attached hydrogen (secondary N) is 1. The third-order valence-corrected chi connectivity index (χ3v) is 6.40. The van der Waals surface area contributed by atoms with E-state index < -0.39 is 0 Å². The molecule has 0 spiro atoms. The number of hydrogen-bond acceptors (Lipinski definition) is 5. The van der Waals surface area contributed by atoms with E-state index in [4.69, 9.17) is 10.8 Å². The highest BCUT2D eigenvalue weighted by atomic mass is 15.5. The molecule has 0 amide bonds. The fourth-order valence-corrected chi connectivity index (χ4v) is 4.43. The fourth-order valence-electron chi connectivity index (χ4n) is 4.43. The van der Waals surface area contributed by atoms with Gasteiger partial charge >= 0.3 is 0 Å². The quantitative estimate of drug-likeness (QED) is 0.123. The molecule has 0 radical (unpaired) electrons. The summed E-state index contributed by atoms with van der Waals surface area (Å²) >= 11 is 0. The molecule has 5 aromatic rings. The van der Waals surface area contributed by atoms with E-state index in [-0.39, 0.29) is 6.17 Å². The summed E-state index contributed by atoms with van der Waals surface area (Å²) in [4.78, 5) is 4.87. The molecule has 0 aliphatic carbocycles. The van der Waals surface area contributed by atoms with E-state index in [0.29, 0.717) is 12.1 Å². The van der Waals surface area contributed by atoms with Gasteiger partial charge in [-0.15, -0.1) is 0 Å². The maximum atomic E-state index is 9.32. The highest BCUT2D eigenvalue weighted by molar-refractivity contribution is 5.82. The number of rotatable bonds is 9. The first-order valence-electron chi connectivity index (χ1n) is 12.8. The predicted octanol–water partition coefficient (Wildman–Crippen LogP) is 7.46. The zero-order valence-corrected chi connectivity index (χ0v) is 21.5. The van der Waals surface area contributed by atoms with Crippen LogP contribution < -0.4 is 11.2 Å². The van der Waals surface area contributed by atoms with Crippen molar-refractivity contribution in [2.24, 2.45) is 10.8 Å². The van der Waals surface area contributed by atoms with Crippen LogP contribution in [0.3, 0.4) is 0 Å². The first kappa shape index (κ1) is 25.6. The van der Waals surface area contributed by atoms with Gasteiger partial charge in [0.05, 0.1) is 11.6 Å². The van der Waals surface area contributed by atoms with Crippen molar-refractivity contribution in [3.63, 3.8) is 0 Å². The Morgan fingerprint density at radius 2 is 1.49 bits per heavy atom. The first-order chi connectivity index (χ1) is 19.2. The second kappa shape index (κ2) is 12.5. The number of aliphatic imine (C=N–C) groups is 1. The average Bonchev–Trinajstić information content (AvgIpc) is 2.99. The van der Waals surface area contributed by atoms with Crippen molar-refractivity contribution in [1.82, 2.24) is 5.01 Å². The maximum Gasteiger partial charge on any atom is 0.140 e. The molecular formula is C34H29N5. The summed E-state index contributed by atoms with van der Waals surface area (Å²) in [5.41, 5.74) is 7.69. The molecule has 5 rings (SSSR count). The number of nitrogens with two attached hydrogens (primary N) is 1. The topological polar surface area (TPSA) is 77.4 Å². The van der Waals surface area contributed by atoms with Crippen LogP contribution in [0.5, 0.6) is 0 Å². The monoisotopic (exact) mass is 507 g/mol. The van der Waals surface area contributed by atoms with E-state index in [2.05, 4.69) is 41.7 Å². The van der Waals surface area contributed by atoms with Crippen LogP contribution in [-0.4, -0.2) is 11.2 Å². The number of nitrogens with zero attached hydrogens (tertiary/aromatic N) is 3. The molecule has 5 nitrogen and oxygen atoms in total. The molecule has 0 fully saturated rings. The van der Waals surface area contributed by atoms with E-state index in [1.807, 2.05) is 109 Å². The molecule has 1 atom stereocenters. The molecule has 3 N–H and O–H groups in total. The SMILES string of the molecule is N#Cc1cccc(-c2ccccc2Nc2ccc(C(N=Cc3ccccc3)N(N)Cc3ccccc3)cc2)c1. The minimum absolute atomic E-state index is 0.361. The van der Waals surface area contributed by atoms with Crippen molar-refractivity contribution < 1.29 is 0 Å². The summed E-state index contributed by atoms with van der Waals surface area (Å²) in [7, 11) is 0. The third-order valence-electron chi connectivity index (χ3n) is 6.40. The second-order valence-electron chi connectivity index (χ2n) is 9.21. The molecule has 190 valence electrons. The van der Waals surface area contributed by atoms with Crippen LogP contribution >= 0.6 is 0 Å². The minimum Gasteiger partial charge on any atom is -0.355 e. The Morgan fingerprint density at radius 1 is 0.795 bits per heavy atom. The number of benzene rings is 5. The van der Waals surface area contributed by atoms with Crippen molar-refractivity contribution in [1.29, 1.82) is 5.26 Å². The number of hydrogen-bond donors (Lipinski definition) is 2. The number of para-hydroxylation sites is 1. The van der Waals surface area contributed by atoms with E-state index in [1.54, 1.807) is 5.01 Å². The van der Waals surface area contributed by atoms with Gasteiger partial charge in [-0.2, -0.15) is 5.26 Å². The van der Waals surface area contributed by atoms with E-state index in [1.165, 1.54) is 0 Å². The zero-order chi connectivity index (χ0) is 26.9. The third kappa shape index (κ3) is 6.65. The van der Waals surface area contributed by atoms with Crippen LogP contribution in [0.4, 0.5) is 11.4 Å². The van der Waals surface area contributed by atoms with E-state index in [0.717, 1.165) is 39.2 Å². The second-order valence-corrected chi connectivity index (χ2v) is 9.21. The molecule has 1 unspecified atom stereocenters. The Hall–Kier alpha value is -5.02. The average molecular weight is 508 g/mol. The lowest BCUT2D eigenvalue weighted by molar-refractivity contribution is 0.199. The summed E-state index contributed by atoms with van der Waals surface area (Å²) in [6.07, 6.45) is 1.51. The van der Waals surface area contributed by atoms with Crippen molar-refractivity contribution in [2.75, 3.05) is 5.32 Å². The molecule has 0 aliphatic heterocycles. The summed E-state index contributed by atoms with van der Waals surface area (Å²) in [5, 5.41) is 14.6. The van der Waals surface area contributed by atoms with Crippen molar-refractivity contribution in [3.05, 3.63) is 156 Å². The zero-order valence-electron chi connectivity index (χ0n) is 21.5. The lowest BCUT2D eigenvalue weighted by Crippen LogP contribution is -2.34. The van der Waals surface area contributed by atoms with Crippen LogP contribution in [-0.2, 0) is 6.54 Å². The Labute approximate surface area is 229 Å². The predicted molar refractivity (Wildman–Crippen MR) is 159 cm³/mol. The Morgan fingerprint density at radius 3 is 2.23 bits per heavy atom. The molecule has 39 heavy (non-hydrogen) atoms. The summed E-state index contributed by atoms with van der Waals surface area (Å²) in [6, 6.07) is 46.3. The van der Waals surface area contributed by atoms with E-state index in [9.17, 15) is 5.26 Å². The van der Waals surface area contributed by atoms with Gasteiger partial charge in [-0.1, -0.05) is 103 Å². The maximum absolute atomic E-state index is 9.32. The van der Waals surface area contributed by atoms with Crippen LogP contribution in [0, 0.1) is 11.3 Å². The lowest BCUT2D eigenvalue weighted by Gasteiger charge is -2.25. The van der Waals surface area contributed by atoms with Gasteiger partial charge in [-0.3, -0.25) is 10.8 Å². The van der Waals surface area contributed by atoms with Crippen LogP contribution in [0.25, 0.3) is 11.1 Å². The van der Waals surface area contributed by atoms with Gasteiger partial charge in [0.2, 0.25) is 0 Å². The smallest absolute Gasteiger partial charge is 0.140 e. The Kier molecular flexibility index (Phi) is 8.20. The highest BCUT2D eigenvalue weighted by Gasteiger charge is 2.17. The lowest BCUT2D eigenvalue weighted by atomic mass is 10.0. The normalized spacial score (nSPS) is 11.8. The summed E-state index contributed by atoms with van der Waals surface area (Å²) in [6.45, 7) is 0.562. The molecule has 0 bridgehead atoms. The standard InChI is InChI=1S/C34H29N5/c35-23-28-14-9-15-30(22-28)32-16-7-8-17-33(32)38-31-20-18-29(19-21-31)34(37-24-26-10-3-1-4-11-26)39(36)25-27-12-5-2-6-13-27/h1-22,24,34,38H,25,36H2. The summed E-state index contributed by atoms with van der Waals surface area (Å²) < 4.78 is 0. The number of hydrazine groups is 1. The van der Waals surface area contributed by atoms with Gasteiger partial charge in [0.15, 0.2) is 0 Å². The number of anilines is 2. The molecule has 0 saturated carbocycles.